The van der Waals surface area contributed by atoms with Gasteiger partial charge in [-0.05, 0) is 86.7 Å². The second-order valence-corrected chi connectivity index (χ2v) is 11.8. The molecule has 0 saturated heterocycles. The zero-order valence-electron chi connectivity index (χ0n) is 23.8. The molecule has 41 heavy (non-hydrogen) atoms. The van der Waals surface area contributed by atoms with Crippen LogP contribution in [0.15, 0.2) is 64.0 Å². The number of rotatable bonds is 6. The third-order valence-corrected chi connectivity index (χ3v) is 8.23. The molecule has 0 spiro atoms. The summed E-state index contributed by atoms with van der Waals surface area (Å²) in [4.78, 5) is 46.6. The van der Waals surface area contributed by atoms with Gasteiger partial charge in [0.05, 0.1) is 23.6 Å². The van der Waals surface area contributed by atoms with E-state index in [4.69, 9.17) is 10.1 Å². The van der Waals surface area contributed by atoms with Crippen LogP contribution in [0.2, 0.25) is 0 Å². The van der Waals surface area contributed by atoms with Crippen LogP contribution in [0.4, 0.5) is 0 Å². The zero-order chi connectivity index (χ0) is 29.4. The first-order valence-electron chi connectivity index (χ1n) is 13.7. The maximum absolute atomic E-state index is 14.1. The van der Waals surface area contributed by atoms with Crippen LogP contribution in [-0.4, -0.2) is 49.1 Å². The number of benzene rings is 2. The van der Waals surface area contributed by atoms with Gasteiger partial charge < -0.3 is 10.2 Å². The molecule has 1 N–H and O–H groups in total. The van der Waals surface area contributed by atoms with Gasteiger partial charge >= 0.3 is 0 Å². The van der Waals surface area contributed by atoms with Gasteiger partial charge in [-0.25, -0.2) is 14.2 Å². The van der Waals surface area contributed by atoms with Gasteiger partial charge in [0, 0.05) is 40.4 Å². The Morgan fingerprint density at radius 3 is 2.46 bits per heavy atom. The Balaban J connectivity index is 1.61. The van der Waals surface area contributed by atoms with E-state index in [9.17, 15) is 14.4 Å². The number of nitrogens with one attached hydrogen (secondary N) is 1. The molecule has 2 amide bonds. The highest BCUT2D eigenvalue weighted by molar-refractivity contribution is 9.10. The summed E-state index contributed by atoms with van der Waals surface area (Å²) in [6.07, 6.45) is 2.96. The molecule has 4 aromatic rings. The van der Waals surface area contributed by atoms with E-state index in [-0.39, 0.29) is 30.0 Å². The van der Waals surface area contributed by atoms with Gasteiger partial charge in [0.25, 0.3) is 17.4 Å². The molecule has 1 aliphatic heterocycles. The summed E-state index contributed by atoms with van der Waals surface area (Å²) in [6.45, 7) is 8.36. The van der Waals surface area contributed by atoms with E-state index >= 15 is 0 Å². The Morgan fingerprint density at radius 1 is 1.10 bits per heavy atom. The summed E-state index contributed by atoms with van der Waals surface area (Å²) in [5.41, 5.74) is 4.44. The van der Waals surface area contributed by atoms with Crippen LogP contribution in [-0.2, 0) is 19.4 Å². The minimum atomic E-state index is -0.211. The van der Waals surface area contributed by atoms with Crippen molar-refractivity contribution in [2.75, 3.05) is 7.05 Å². The summed E-state index contributed by atoms with van der Waals surface area (Å²) in [6, 6.07) is 14.1. The number of hydrogen-bond donors (Lipinski definition) is 1. The van der Waals surface area contributed by atoms with Gasteiger partial charge in [0.15, 0.2) is 0 Å². The van der Waals surface area contributed by atoms with Crippen LogP contribution in [0.25, 0.3) is 11.6 Å². The van der Waals surface area contributed by atoms with Gasteiger partial charge in [-0.1, -0.05) is 29.8 Å². The normalized spacial score (nSPS) is 14.7. The molecule has 0 bridgehead atoms. The van der Waals surface area contributed by atoms with Crippen molar-refractivity contribution in [3.8, 4) is 11.6 Å². The standard InChI is InChI=1S/C31H33BrN6O3/c1-18(2)14-23-12-13-37(35-23)31-34-27-17-36(29(40)22-8-11-26(32)19(3)15-22)20(4)16-25(27)30(41)38(31)24-9-6-21(7-10-24)28(39)33-5/h6-13,15,18,20H,14,16-17H2,1-5H3,(H,33,39)/t20-/m1/s1. The summed E-state index contributed by atoms with van der Waals surface area (Å²) >= 11 is 3.50. The van der Waals surface area contributed by atoms with E-state index < -0.39 is 0 Å². The quantitative estimate of drug-likeness (QED) is 0.340. The van der Waals surface area contributed by atoms with E-state index in [1.807, 2.05) is 32.0 Å². The highest BCUT2D eigenvalue weighted by Gasteiger charge is 2.32. The Bertz CT molecular complexity index is 1690. The molecule has 0 saturated carbocycles. The lowest BCUT2D eigenvalue weighted by Gasteiger charge is -2.34. The van der Waals surface area contributed by atoms with Gasteiger partial charge in [-0.2, -0.15) is 5.10 Å². The molecule has 1 aliphatic rings. The molecule has 0 radical (unpaired) electrons. The number of halogens is 1. The first-order chi connectivity index (χ1) is 19.6. The fourth-order valence-electron chi connectivity index (χ4n) is 5.15. The molecule has 2 aromatic heterocycles. The fourth-order valence-corrected chi connectivity index (χ4v) is 5.40. The number of aromatic nitrogens is 4. The zero-order valence-corrected chi connectivity index (χ0v) is 25.4. The Hall–Kier alpha value is -4.05. The molecule has 3 heterocycles. The summed E-state index contributed by atoms with van der Waals surface area (Å²) in [5.74, 6) is 0.433. The van der Waals surface area contributed by atoms with Crippen LogP contribution >= 0.6 is 15.9 Å². The third-order valence-electron chi connectivity index (χ3n) is 7.34. The maximum atomic E-state index is 14.1. The summed E-state index contributed by atoms with van der Waals surface area (Å²) in [7, 11) is 1.58. The SMILES string of the molecule is CNC(=O)c1ccc(-n2c(-n3ccc(CC(C)C)n3)nc3c(c2=O)C[C@@H](C)N(C(=O)c2ccc(Br)c(C)c2)C3)cc1. The second-order valence-electron chi connectivity index (χ2n) is 10.9. The van der Waals surface area contributed by atoms with E-state index in [1.165, 1.54) is 0 Å². The van der Waals surface area contributed by atoms with E-state index in [1.54, 1.807) is 57.7 Å². The highest BCUT2D eigenvalue weighted by Crippen LogP contribution is 2.26. The van der Waals surface area contributed by atoms with Gasteiger partial charge in [0.1, 0.15) is 0 Å². The molecule has 0 unspecified atom stereocenters. The van der Waals surface area contributed by atoms with Crippen LogP contribution in [0.5, 0.6) is 0 Å². The predicted octanol–water partition coefficient (Wildman–Crippen LogP) is 4.63. The van der Waals surface area contributed by atoms with Crippen molar-refractivity contribution in [2.45, 2.75) is 53.1 Å². The largest absolute Gasteiger partial charge is 0.355 e. The van der Waals surface area contributed by atoms with Crippen molar-refractivity contribution in [1.29, 1.82) is 0 Å². The van der Waals surface area contributed by atoms with Crippen LogP contribution in [0, 0.1) is 12.8 Å². The average molecular weight is 618 g/mol. The van der Waals surface area contributed by atoms with Crippen molar-refractivity contribution in [2.24, 2.45) is 5.92 Å². The number of nitrogens with zero attached hydrogens (tertiary/aromatic N) is 5. The predicted molar refractivity (Wildman–Crippen MR) is 161 cm³/mol. The molecular weight excluding hydrogens is 584 g/mol. The number of amides is 2. The van der Waals surface area contributed by atoms with Crippen molar-refractivity contribution < 1.29 is 9.59 Å². The molecule has 5 rings (SSSR count). The number of carbonyl (C=O) groups excluding carboxylic acids is 2. The molecule has 1 atom stereocenters. The van der Waals surface area contributed by atoms with Gasteiger partial charge in [-0.15, -0.1) is 0 Å². The van der Waals surface area contributed by atoms with Gasteiger partial charge in [0.2, 0.25) is 5.95 Å². The Morgan fingerprint density at radius 2 is 1.80 bits per heavy atom. The minimum Gasteiger partial charge on any atom is -0.355 e. The maximum Gasteiger partial charge on any atom is 0.263 e. The summed E-state index contributed by atoms with van der Waals surface area (Å²) < 4.78 is 4.10. The molecular formula is C31H33BrN6O3. The lowest BCUT2D eigenvalue weighted by atomic mass is 9.98. The smallest absolute Gasteiger partial charge is 0.263 e. The molecule has 9 nitrogen and oxygen atoms in total. The first kappa shape index (κ1) is 28.5. The van der Waals surface area contributed by atoms with Crippen LogP contribution in [0.3, 0.4) is 0 Å². The van der Waals surface area contributed by atoms with Crippen molar-refractivity contribution in [1.82, 2.24) is 29.5 Å². The molecule has 0 aliphatic carbocycles. The average Bonchev–Trinajstić information content (AvgIpc) is 3.41. The number of carbonyl (C=O) groups is 2. The Labute approximate surface area is 247 Å². The highest BCUT2D eigenvalue weighted by atomic mass is 79.9. The molecule has 212 valence electrons. The van der Waals surface area contributed by atoms with Gasteiger partial charge in [-0.3, -0.25) is 14.4 Å². The first-order valence-corrected chi connectivity index (χ1v) is 14.5. The second kappa shape index (κ2) is 11.4. The van der Waals surface area contributed by atoms with Crippen molar-refractivity contribution in [3.63, 3.8) is 0 Å². The van der Waals surface area contributed by atoms with Crippen molar-refractivity contribution in [3.05, 3.63) is 103 Å². The molecule has 2 aromatic carbocycles. The van der Waals surface area contributed by atoms with Crippen LogP contribution in [0.1, 0.15) is 64.0 Å². The lowest BCUT2D eigenvalue weighted by Crippen LogP contribution is -2.46. The molecule has 0 fully saturated rings. The fraction of sp³-hybridized carbons (Fsp3) is 0.323. The summed E-state index contributed by atoms with van der Waals surface area (Å²) in [5, 5.41) is 7.35. The minimum absolute atomic E-state index is 0.102. The molecule has 10 heteroatoms. The number of aryl methyl sites for hydroxylation is 1. The van der Waals surface area contributed by atoms with E-state index in [2.05, 4.69) is 35.1 Å². The van der Waals surface area contributed by atoms with Crippen molar-refractivity contribution >= 4 is 27.7 Å². The Kier molecular flexibility index (Phi) is 7.95. The van der Waals surface area contributed by atoms with E-state index in [0.29, 0.717) is 46.4 Å². The third kappa shape index (κ3) is 5.61. The van der Waals surface area contributed by atoms with E-state index in [0.717, 1.165) is 22.2 Å². The number of hydrogen-bond acceptors (Lipinski definition) is 5. The van der Waals surface area contributed by atoms with Crippen LogP contribution < -0.4 is 10.9 Å². The topological polar surface area (TPSA) is 102 Å². The monoisotopic (exact) mass is 616 g/mol. The lowest BCUT2D eigenvalue weighted by molar-refractivity contribution is 0.0652. The number of fused-ring (bicyclic) bond motifs is 1.